The molecule has 0 aromatic heterocycles. The van der Waals surface area contributed by atoms with Crippen molar-refractivity contribution in [3.8, 4) is 0 Å². The highest BCUT2D eigenvalue weighted by Gasteiger charge is 2.02. The van der Waals surface area contributed by atoms with Gasteiger partial charge in [-0.3, -0.25) is 4.79 Å². The Morgan fingerprint density at radius 3 is 2.59 bits per heavy atom. The number of halogens is 2. The molecule has 0 fully saturated rings. The number of nitrogens with one attached hydrogen (secondary N) is 2. The number of rotatable bonds is 6. The minimum absolute atomic E-state index is 0.0983. The van der Waals surface area contributed by atoms with E-state index in [0.29, 0.717) is 18.0 Å². The second kappa shape index (κ2) is 7.80. The number of aryl methyl sites for hydroxylation is 1. The summed E-state index contributed by atoms with van der Waals surface area (Å²) in [5, 5.41) is 6.50. The van der Waals surface area contributed by atoms with E-state index < -0.39 is 0 Å². The quantitative estimate of drug-likeness (QED) is 0.854. The average molecular weight is 321 g/mol. The predicted molar refractivity (Wildman–Crippen MR) is 87.8 cm³/mol. The zero-order chi connectivity index (χ0) is 15.9. The zero-order valence-electron chi connectivity index (χ0n) is 12.3. The van der Waals surface area contributed by atoms with Crippen molar-refractivity contribution in [1.82, 2.24) is 5.32 Å². The van der Waals surface area contributed by atoms with Gasteiger partial charge in [0.1, 0.15) is 5.82 Å². The summed E-state index contributed by atoms with van der Waals surface area (Å²) >= 11 is 6.02. The number of carbonyl (C=O) groups is 1. The molecule has 0 saturated heterocycles. The van der Waals surface area contributed by atoms with Gasteiger partial charge in [0.25, 0.3) is 0 Å². The van der Waals surface area contributed by atoms with E-state index in [0.717, 1.165) is 16.8 Å². The van der Waals surface area contributed by atoms with Gasteiger partial charge in [-0.25, -0.2) is 4.39 Å². The second-order valence-electron chi connectivity index (χ2n) is 5.04. The van der Waals surface area contributed by atoms with Crippen molar-refractivity contribution in [2.75, 3.05) is 18.4 Å². The maximum Gasteiger partial charge on any atom is 0.239 e. The molecule has 2 N–H and O–H groups in total. The monoisotopic (exact) mass is 320 g/mol. The molecule has 0 spiro atoms. The Hall–Kier alpha value is -2.07. The third-order valence-electron chi connectivity index (χ3n) is 3.27. The Morgan fingerprint density at radius 2 is 1.91 bits per heavy atom. The van der Waals surface area contributed by atoms with Gasteiger partial charge in [0.2, 0.25) is 5.91 Å². The molecule has 0 bridgehead atoms. The Kier molecular flexibility index (Phi) is 5.78. The van der Waals surface area contributed by atoms with Crippen molar-refractivity contribution in [2.45, 2.75) is 13.3 Å². The third-order valence-corrected chi connectivity index (χ3v) is 3.68. The summed E-state index contributed by atoms with van der Waals surface area (Å²) in [6, 6.07) is 11.8. The SMILES string of the molecule is Cc1ccc(NCC(=O)NCCc2ccc(F)cc2)cc1Cl. The van der Waals surface area contributed by atoms with Gasteiger partial charge in [-0.2, -0.15) is 0 Å². The number of hydrogen-bond acceptors (Lipinski definition) is 2. The first-order valence-electron chi connectivity index (χ1n) is 7.06. The smallest absolute Gasteiger partial charge is 0.239 e. The minimum atomic E-state index is -0.256. The Labute approximate surface area is 134 Å². The van der Waals surface area contributed by atoms with E-state index in [4.69, 9.17) is 11.6 Å². The average Bonchev–Trinajstić information content (AvgIpc) is 2.50. The van der Waals surface area contributed by atoms with E-state index in [1.54, 1.807) is 18.2 Å². The number of hydrogen-bond donors (Lipinski definition) is 2. The summed E-state index contributed by atoms with van der Waals surface area (Å²) in [6.07, 6.45) is 0.669. The van der Waals surface area contributed by atoms with Crippen LogP contribution in [0.2, 0.25) is 5.02 Å². The summed E-state index contributed by atoms with van der Waals surface area (Å²) < 4.78 is 12.8. The molecule has 0 atom stereocenters. The molecule has 0 saturated carbocycles. The summed E-state index contributed by atoms with van der Waals surface area (Å²) in [6.45, 7) is 2.62. The lowest BCUT2D eigenvalue weighted by atomic mass is 10.1. The van der Waals surface area contributed by atoms with Gasteiger partial charge in [-0.05, 0) is 48.7 Å². The minimum Gasteiger partial charge on any atom is -0.376 e. The number of carbonyl (C=O) groups excluding carboxylic acids is 1. The van der Waals surface area contributed by atoms with Crippen LogP contribution in [-0.2, 0) is 11.2 Å². The normalized spacial score (nSPS) is 10.3. The molecule has 1 amide bonds. The summed E-state index contributed by atoms with van der Waals surface area (Å²) in [5.41, 5.74) is 2.79. The van der Waals surface area contributed by atoms with Gasteiger partial charge >= 0.3 is 0 Å². The molecule has 22 heavy (non-hydrogen) atoms. The molecule has 0 aliphatic rings. The van der Waals surface area contributed by atoms with Crippen molar-refractivity contribution in [3.05, 3.63) is 64.4 Å². The Morgan fingerprint density at radius 1 is 1.18 bits per heavy atom. The van der Waals surface area contributed by atoms with Crippen LogP contribution in [-0.4, -0.2) is 19.0 Å². The van der Waals surface area contributed by atoms with Crippen molar-refractivity contribution in [3.63, 3.8) is 0 Å². The highest BCUT2D eigenvalue weighted by molar-refractivity contribution is 6.31. The molecular formula is C17H18ClFN2O. The van der Waals surface area contributed by atoms with E-state index in [1.165, 1.54) is 12.1 Å². The molecule has 0 radical (unpaired) electrons. The van der Waals surface area contributed by atoms with Gasteiger partial charge in [-0.1, -0.05) is 29.8 Å². The largest absolute Gasteiger partial charge is 0.376 e. The van der Waals surface area contributed by atoms with Gasteiger partial charge in [-0.15, -0.1) is 0 Å². The fourth-order valence-corrected chi connectivity index (χ4v) is 2.13. The maximum atomic E-state index is 12.8. The predicted octanol–water partition coefficient (Wildman–Crippen LogP) is 3.56. The Bertz CT molecular complexity index is 644. The lowest BCUT2D eigenvalue weighted by Crippen LogP contribution is -2.31. The first kappa shape index (κ1) is 16.3. The highest BCUT2D eigenvalue weighted by Crippen LogP contribution is 2.19. The summed E-state index contributed by atoms with van der Waals surface area (Å²) in [5.74, 6) is -0.354. The summed E-state index contributed by atoms with van der Waals surface area (Å²) in [4.78, 5) is 11.7. The molecule has 0 unspecified atom stereocenters. The highest BCUT2D eigenvalue weighted by atomic mass is 35.5. The molecule has 0 aliphatic carbocycles. The fourth-order valence-electron chi connectivity index (χ4n) is 1.94. The van der Waals surface area contributed by atoms with E-state index in [2.05, 4.69) is 10.6 Å². The molecule has 3 nitrogen and oxygen atoms in total. The van der Waals surface area contributed by atoms with Gasteiger partial charge in [0, 0.05) is 17.3 Å². The van der Waals surface area contributed by atoms with Crippen LogP contribution in [0.5, 0.6) is 0 Å². The number of anilines is 1. The molecule has 0 aliphatic heterocycles. The first-order valence-corrected chi connectivity index (χ1v) is 7.43. The van der Waals surface area contributed by atoms with Crippen LogP contribution in [0.25, 0.3) is 0 Å². The second-order valence-corrected chi connectivity index (χ2v) is 5.45. The van der Waals surface area contributed by atoms with Crippen LogP contribution < -0.4 is 10.6 Å². The summed E-state index contributed by atoms with van der Waals surface area (Å²) in [7, 11) is 0. The van der Waals surface area contributed by atoms with E-state index in [-0.39, 0.29) is 18.3 Å². The van der Waals surface area contributed by atoms with Crippen LogP contribution in [0.15, 0.2) is 42.5 Å². The number of amides is 1. The maximum absolute atomic E-state index is 12.8. The van der Waals surface area contributed by atoms with E-state index in [9.17, 15) is 9.18 Å². The van der Waals surface area contributed by atoms with Crippen LogP contribution in [0.3, 0.4) is 0 Å². The van der Waals surface area contributed by atoms with Crippen LogP contribution in [0.4, 0.5) is 10.1 Å². The molecule has 2 aromatic rings. The first-order chi connectivity index (χ1) is 10.5. The van der Waals surface area contributed by atoms with Gasteiger partial charge in [0.05, 0.1) is 6.54 Å². The van der Waals surface area contributed by atoms with E-state index >= 15 is 0 Å². The lowest BCUT2D eigenvalue weighted by molar-refractivity contribution is -0.119. The molecular weight excluding hydrogens is 303 g/mol. The van der Waals surface area contributed by atoms with Crippen LogP contribution in [0, 0.1) is 12.7 Å². The van der Waals surface area contributed by atoms with Crippen molar-refractivity contribution in [1.29, 1.82) is 0 Å². The molecule has 116 valence electrons. The van der Waals surface area contributed by atoms with Gasteiger partial charge in [0.15, 0.2) is 0 Å². The van der Waals surface area contributed by atoms with Crippen LogP contribution >= 0.6 is 11.6 Å². The molecule has 0 heterocycles. The third kappa shape index (κ3) is 5.04. The molecule has 5 heteroatoms. The fraction of sp³-hybridized carbons (Fsp3) is 0.235. The number of benzene rings is 2. The van der Waals surface area contributed by atoms with Crippen molar-refractivity contribution < 1.29 is 9.18 Å². The standard InChI is InChI=1S/C17H18ClFN2O/c1-12-2-7-15(10-16(12)18)21-11-17(22)20-9-8-13-3-5-14(19)6-4-13/h2-7,10,21H,8-9,11H2,1H3,(H,20,22). The van der Waals surface area contributed by atoms with Crippen molar-refractivity contribution >= 4 is 23.2 Å². The topological polar surface area (TPSA) is 41.1 Å². The zero-order valence-corrected chi connectivity index (χ0v) is 13.1. The van der Waals surface area contributed by atoms with E-state index in [1.807, 2.05) is 19.1 Å². The molecule has 2 aromatic carbocycles. The van der Waals surface area contributed by atoms with Crippen LogP contribution in [0.1, 0.15) is 11.1 Å². The van der Waals surface area contributed by atoms with Gasteiger partial charge < -0.3 is 10.6 Å². The lowest BCUT2D eigenvalue weighted by Gasteiger charge is -2.09. The molecule has 2 rings (SSSR count). The Balaban J connectivity index is 1.71. The van der Waals surface area contributed by atoms with Crippen molar-refractivity contribution in [2.24, 2.45) is 0 Å².